The van der Waals surface area contributed by atoms with Gasteiger partial charge in [0.2, 0.25) is 5.91 Å². The van der Waals surface area contributed by atoms with Crippen LogP contribution in [0.1, 0.15) is 51.0 Å². The zero-order valence-electron chi connectivity index (χ0n) is 18.8. The van der Waals surface area contributed by atoms with Gasteiger partial charge in [0.25, 0.3) is 5.56 Å². The van der Waals surface area contributed by atoms with Gasteiger partial charge in [-0.1, -0.05) is 42.5 Å². The number of nitrogens with zero attached hydrogens (tertiary/aromatic N) is 3. The minimum atomic E-state index is -0.448. The first-order chi connectivity index (χ1) is 15.5. The lowest BCUT2D eigenvalue weighted by atomic mass is 10.1. The minimum absolute atomic E-state index is 0.0257. The summed E-state index contributed by atoms with van der Waals surface area (Å²) in [5, 5.41) is 0.538. The summed E-state index contributed by atoms with van der Waals surface area (Å²) in [6, 6.07) is 16.5. The van der Waals surface area contributed by atoms with Gasteiger partial charge in [-0.05, 0) is 38.5 Å². The van der Waals surface area contributed by atoms with Crippen LogP contribution in [-0.4, -0.2) is 39.5 Å². The molecule has 32 heavy (non-hydrogen) atoms. The minimum Gasteiger partial charge on any atom is -0.466 e. The maximum Gasteiger partial charge on any atom is 0.306 e. The van der Waals surface area contributed by atoms with E-state index in [9.17, 15) is 14.4 Å². The molecule has 0 N–H and O–H groups in total. The third-order valence-electron chi connectivity index (χ3n) is 5.43. The van der Waals surface area contributed by atoms with Crippen molar-refractivity contribution >= 4 is 22.8 Å². The summed E-state index contributed by atoms with van der Waals surface area (Å²) in [5.74, 6) is -0.0556. The van der Waals surface area contributed by atoms with E-state index in [0.29, 0.717) is 29.8 Å². The largest absolute Gasteiger partial charge is 0.466 e. The molecule has 1 aromatic heterocycles. The predicted octanol–water partition coefficient (Wildman–Crippen LogP) is 3.70. The van der Waals surface area contributed by atoms with Crippen LogP contribution < -0.4 is 5.56 Å². The summed E-state index contributed by atoms with van der Waals surface area (Å²) in [4.78, 5) is 44.4. The van der Waals surface area contributed by atoms with Crippen LogP contribution in [0.15, 0.2) is 59.4 Å². The molecule has 0 aliphatic rings. The molecular formula is C25H29N3O4. The molecule has 0 fully saturated rings. The number of carbonyl (C=O) groups is 2. The summed E-state index contributed by atoms with van der Waals surface area (Å²) in [6.45, 7) is 6.54. The number of rotatable bonds is 9. The number of hydrogen-bond acceptors (Lipinski definition) is 5. The third kappa shape index (κ3) is 5.22. The smallest absolute Gasteiger partial charge is 0.306 e. The first kappa shape index (κ1) is 23.2. The molecule has 0 aliphatic heterocycles. The zero-order valence-corrected chi connectivity index (χ0v) is 18.8. The SMILES string of the molecule is CCOC(=O)CCC(=O)N(CC)C(C)c1nc2ccccc2c(=O)n1Cc1ccccc1. The first-order valence-corrected chi connectivity index (χ1v) is 10.9. The Kier molecular flexibility index (Phi) is 7.76. The van der Waals surface area contributed by atoms with Crippen LogP contribution in [0.3, 0.4) is 0 Å². The number of aromatic nitrogens is 2. The normalized spacial score (nSPS) is 11.8. The number of hydrogen-bond donors (Lipinski definition) is 0. The Bertz CT molecular complexity index is 1140. The average Bonchev–Trinajstić information content (AvgIpc) is 2.80. The van der Waals surface area contributed by atoms with Crippen LogP contribution in [0.25, 0.3) is 10.9 Å². The van der Waals surface area contributed by atoms with Gasteiger partial charge >= 0.3 is 5.97 Å². The highest BCUT2D eigenvalue weighted by Gasteiger charge is 2.25. The fraction of sp³-hybridized carbons (Fsp3) is 0.360. The van der Waals surface area contributed by atoms with Gasteiger partial charge in [-0.2, -0.15) is 0 Å². The zero-order chi connectivity index (χ0) is 23.1. The van der Waals surface area contributed by atoms with E-state index >= 15 is 0 Å². The van der Waals surface area contributed by atoms with Gasteiger partial charge in [-0.25, -0.2) is 4.98 Å². The quantitative estimate of drug-likeness (QED) is 0.479. The van der Waals surface area contributed by atoms with Crippen LogP contribution in [0.5, 0.6) is 0 Å². The molecule has 2 aromatic carbocycles. The number of carbonyl (C=O) groups excluding carboxylic acids is 2. The summed E-state index contributed by atoms with van der Waals surface area (Å²) < 4.78 is 6.58. The van der Waals surface area contributed by atoms with Crippen LogP contribution >= 0.6 is 0 Å². The van der Waals surface area contributed by atoms with Gasteiger partial charge in [0, 0.05) is 13.0 Å². The number of para-hydroxylation sites is 1. The lowest BCUT2D eigenvalue weighted by molar-refractivity contribution is -0.146. The topological polar surface area (TPSA) is 81.5 Å². The highest BCUT2D eigenvalue weighted by atomic mass is 16.5. The summed E-state index contributed by atoms with van der Waals surface area (Å²) in [7, 11) is 0. The second-order valence-corrected chi connectivity index (χ2v) is 7.52. The monoisotopic (exact) mass is 435 g/mol. The number of fused-ring (bicyclic) bond motifs is 1. The second-order valence-electron chi connectivity index (χ2n) is 7.52. The Labute approximate surface area is 187 Å². The molecule has 1 amide bonds. The van der Waals surface area contributed by atoms with Gasteiger partial charge in [0.05, 0.1) is 36.5 Å². The molecule has 0 radical (unpaired) electrons. The van der Waals surface area contributed by atoms with Crippen molar-refractivity contribution in [1.29, 1.82) is 0 Å². The number of esters is 1. The van der Waals surface area contributed by atoms with Gasteiger partial charge in [0.15, 0.2) is 0 Å². The molecule has 0 aliphatic carbocycles. The van der Waals surface area contributed by atoms with Crippen LogP contribution in [0.4, 0.5) is 0 Å². The molecule has 1 heterocycles. The van der Waals surface area contributed by atoms with Crippen molar-refractivity contribution in [3.63, 3.8) is 0 Å². The number of benzene rings is 2. The molecule has 1 atom stereocenters. The molecular weight excluding hydrogens is 406 g/mol. The van der Waals surface area contributed by atoms with E-state index in [1.54, 1.807) is 28.5 Å². The fourth-order valence-electron chi connectivity index (χ4n) is 3.81. The van der Waals surface area contributed by atoms with E-state index in [1.165, 1.54) is 0 Å². The molecule has 7 nitrogen and oxygen atoms in total. The molecule has 1 unspecified atom stereocenters. The van der Waals surface area contributed by atoms with E-state index in [1.807, 2.05) is 56.3 Å². The Morgan fingerprint density at radius 2 is 1.72 bits per heavy atom. The van der Waals surface area contributed by atoms with E-state index in [0.717, 1.165) is 5.56 Å². The molecule has 7 heteroatoms. The van der Waals surface area contributed by atoms with Gasteiger partial charge in [-0.15, -0.1) is 0 Å². The predicted molar refractivity (Wildman–Crippen MR) is 123 cm³/mol. The van der Waals surface area contributed by atoms with Crippen molar-refractivity contribution in [2.24, 2.45) is 0 Å². The molecule has 3 rings (SSSR count). The van der Waals surface area contributed by atoms with Crippen LogP contribution in [0, 0.1) is 0 Å². The summed E-state index contributed by atoms with van der Waals surface area (Å²) in [6.07, 6.45) is 0.0748. The first-order valence-electron chi connectivity index (χ1n) is 10.9. The van der Waals surface area contributed by atoms with Crippen LogP contribution in [0.2, 0.25) is 0 Å². The lowest BCUT2D eigenvalue weighted by Crippen LogP contribution is -2.38. The highest BCUT2D eigenvalue weighted by Crippen LogP contribution is 2.22. The highest BCUT2D eigenvalue weighted by molar-refractivity contribution is 5.82. The molecule has 0 bridgehead atoms. The average molecular weight is 436 g/mol. The van der Waals surface area contributed by atoms with Gasteiger partial charge in [-0.3, -0.25) is 19.0 Å². The van der Waals surface area contributed by atoms with E-state index in [2.05, 4.69) is 0 Å². The number of ether oxygens (including phenoxy) is 1. The van der Waals surface area contributed by atoms with Gasteiger partial charge in [0.1, 0.15) is 5.82 Å². The van der Waals surface area contributed by atoms with E-state index < -0.39 is 12.0 Å². The Hall–Kier alpha value is -3.48. The van der Waals surface area contributed by atoms with Crippen molar-refractivity contribution in [2.75, 3.05) is 13.2 Å². The Morgan fingerprint density at radius 3 is 2.41 bits per heavy atom. The maximum atomic E-state index is 13.4. The molecule has 168 valence electrons. The Balaban J connectivity index is 1.99. The van der Waals surface area contributed by atoms with Gasteiger partial charge < -0.3 is 9.64 Å². The summed E-state index contributed by atoms with van der Waals surface area (Å²) >= 11 is 0. The third-order valence-corrected chi connectivity index (χ3v) is 5.43. The second kappa shape index (κ2) is 10.7. The standard InChI is InChI=1S/C25H29N3O4/c1-4-27(22(29)15-16-23(30)32-5-2)18(3)24-26-21-14-10-9-13-20(21)25(31)28(24)17-19-11-7-6-8-12-19/h6-14,18H,4-5,15-17H2,1-3H3. The van der Waals surface area contributed by atoms with Crippen LogP contribution in [-0.2, 0) is 20.9 Å². The molecule has 0 spiro atoms. The Morgan fingerprint density at radius 1 is 1.03 bits per heavy atom. The van der Waals surface area contributed by atoms with Crippen molar-refractivity contribution < 1.29 is 14.3 Å². The van der Waals surface area contributed by atoms with E-state index in [-0.39, 0.29) is 30.9 Å². The number of amides is 1. The maximum absolute atomic E-state index is 13.4. The fourth-order valence-corrected chi connectivity index (χ4v) is 3.81. The molecule has 0 saturated heterocycles. The van der Waals surface area contributed by atoms with Crippen molar-refractivity contribution in [3.8, 4) is 0 Å². The molecule has 0 saturated carbocycles. The van der Waals surface area contributed by atoms with Crippen molar-refractivity contribution in [2.45, 2.75) is 46.2 Å². The molecule has 3 aromatic rings. The lowest BCUT2D eigenvalue weighted by Gasteiger charge is -2.29. The van der Waals surface area contributed by atoms with Crippen molar-refractivity contribution in [1.82, 2.24) is 14.5 Å². The van der Waals surface area contributed by atoms with Crippen molar-refractivity contribution in [3.05, 3.63) is 76.3 Å². The van der Waals surface area contributed by atoms with E-state index in [4.69, 9.17) is 9.72 Å². The summed E-state index contributed by atoms with van der Waals surface area (Å²) in [5.41, 5.74) is 1.42.